The second-order valence-corrected chi connectivity index (χ2v) is 2.40. The van der Waals surface area contributed by atoms with Crippen LogP contribution in [-0.4, -0.2) is 24.6 Å². The molecule has 5 heteroatoms. The van der Waals surface area contributed by atoms with Gasteiger partial charge in [0.15, 0.2) is 0 Å². The van der Waals surface area contributed by atoms with Gasteiger partial charge in [0.25, 0.3) is 0 Å². The number of hydrogen-bond donors (Lipinski definition) is 2. The van der Waals surface area contributed by atoms with Crippen molar-refractivity contribution >= 4 is 12.0 Å². The molecule has 0 rings (SSSR count). The molecule has 0 radical (unpaired) electrons. The maximum Gasteiger partial charge on any atom is 0.407 e. The summed E-state index contributed by atoms with van der Waals surface area (Å²) < 4.78 is 4.65. The van der Waals surface area contributed by atoms with Crippen LogP contribution in [0.1, 0.15) is 20.3 Å². The first-order valence-electron chi connectivity index (χ1n) is 3.80. The van der Waals surface area contributed by atoms with E-state index in [1.807, 2.05) is 6.92 Å². The Morgan fingerprint density at radius 1 is 1.58 bits per heavy atom. The number of primary amides is 1. The van der Waals surface area contributed by atoms with Crippen LogP contribution in [0.25, 0.3) is 0 Å². The van der Waals surface area contributed by atoms with Crippen LogP contribution in [0, 0.1) is 0 Å². The summed E-state index contributed by atoms with van der Waals surface area (Å²) in [7, 11) is 0. The number of rotatable bonds is 4. The average Bonchev–Trinajstić information content (AvgIpc) is 2.00. The van der Waals surface area contributed by atoms with Gasteiger partial charge in [-0.25, -0.2) is 4.79 Å². The standard InChI is InChI=1S/C7H14N2O3/c1-3-4-12-7(11)9-5(2)6(8)10/h5H,3-4H2,1-2H3,(H2,8,10)(H,9,11). The van der Waals surface area contributed by atoms with Crippen molar-refractivity contribution in [2.75, 3.05) is 6.61 Å². The predicted molar refractivity (Wildman–Crippen MR) is 43.4 cm³/mol. The molecule has 0 bridgehead atoms. The van der Waals surface area contributed by atoms with Crippen molar-refractivity contribution in [1.82, 2.24) is 5.32 Å². The number of hydrogen-bond acceptors (Lipinski definition) is 3. The third kappa shape index (κ3) is 4.54. The van der Waals surface area contributed by atoms with Crippen LogP contribution in [-0.2, 0) is 9.53 Å². The zero-order chi connectivity index (χ0) is 9.56. The van der Waals surface area contributed by atoms with Crippen LogP contribution in [0.2, 0.25) is 0 Å². The van der Waals surface area contributed by atoms with Gasteiger partial charge in [0.05, 0.1) is 6.61 Å². The Labute approximate surface area is 71.3 Å². The van der Waals surface area contributed by atoms with Crippen molar-refractivity contribution in [3.8, 4) is 0 Å². The highest BCUT2D eigenvalue weighted by atomic mass is 16.5. The number of carbonyl (C=O) groups is 2. The van der Waals surface area contributed by atoms with Crippen molar-refractivity contribution in [2.45, 2.75) is 26.3 Å². The van der Waals surface area contributed by atoms with Gasteiger partial charge < -0.3 is 15.8 Å². The second kappa shape index (κ2) is 5.40. The minimum atomic E-state index is -0.686. The lowest BCUT2D eigenvalue weighted by Gasteiger charge is -2.09. The number of alkyl carbamates (subject to hydrolysis) is 1. The summed E-state index contributed by atoms with van der Waals surface area (Å²) in [6.07, 6.45) is 0.140. The summed E-state index contributed by atoms with van der Waals surface area (Å²) in [4.78, 5) is 21.2. The fourth-order valence-corrected chi connectivity index (χ4v) is 0.484. The van der Waals surface area contributed by atoms with Crippen LogP contribution in [0.3, 0.4) is 0 Å². The summed E-state index contributed by atoms with van der Waals surface area (Å²) in [5.41, 5.74) is 4.90. The molecule has 0 saturated heterocycles. The molecule has 0 aliphatic heterocycles. The zero-order valence-electron chi connectivity index (χ0n) is 7.29. The topological polar surface area (TPSA) is 81.4 Å². The molecule has 12 heavy (non-hydrogen) atoms. The molecule has 0 heterocycles. The molecular weight excluding hydrogens is 160 g/mol. The maximum atomic E-state index is 10.8. The molecule has 1 atom stereocenters. The van der Waals surface area contributed by atoms with Crippen LogP contribution in [0.4, 0.5) is 4.79 Å². The largest absolute Gasteiger partial charge is 0.450 e. The first kappa shape index (κ1) is 10.7. The number of carbonyl (C=O) groups excluding carboxylic acids is 2. The van der Waals surface area contributed by atoms with Crippen molar-refractivity contribution in [2.24, 2.45) is 5.73 Å². The highest BCUT2D eigenvalue weighted by molar-refractivity contribution is 5.83. The molecule has 0 saturated carbocycles. The fourth-order valence-electron chi connectivity index (χ4n) is 0.484. The van der Waals surface area contributed by atoms with Gasteiger partial charge in [-0.15, -0.1) is 0 Å². The van der Waals surface area contributed by atoms with Gasteiger partial charge in [-0.1, -0.05) is 6.92 Å². The van der Waals surface area contributed by atoms with E-state index in [4.69, 9.17) is 5.73 Å². The van der Waals surface area contributed by atoms with Gasteiger partial charge in [-0.3, -0.25) is 4.79 Å². The highest BCUT2D eigenvalue weighted by Crippen LogP contribution is 1.85. The van der Waals surface area contributed by atoms with E-state index < -0.39 is 18.0 Å². The first-order chi connectivity index (χ1) is 5.57. The van der Waals surface area contributed by atoms with Crippen molar-refractivity contribution in [3.05, 3.63) is 0 Å². The lowest BCUT2D eigenvalue weighted by molar-refractivity contribution is -0.119. The van der Waals surface area contributed by atoms with Crippen LogP contribution in [0.5, 0.6) is 0 Å². The molecule has 0 aromatic rings. The zero-order valence-corrected chi connectivity index (χ0v) is 7.29. The fraction of sp³-hybridized carbons (Fsp3) is 0.714. The van der Waals surface area contributed by atoms with E-state index in [1.165, 1.54) is 6.92 Å². The van der Waals surface area contributed by atoms with Gasteiger partial charge in [0.1, 0.15) is 6.04 Å². The lowest BCUT2D eigenvalue weighted by Crippen LogP contribution is -2.42. The van der Waals surface area contributed by atoms with Gasteiger partial charge in [-0.2, -0.15) is 0 Å². The minimum absolute atomic E-state index is 0.345. The van der Waals surface area contributed by atoms with E-state index in [2.05, 4.69) is 10.1 Å². The Morgan fingerprint density at radius 2 is 2.17 bits per heavy atom. The molecule has 70 valence electrons. The van der Waals surface area contributed by atoms with E-state index in [1.54, 1.807) is 0 Å². The third-order valence-electron chi connectivity index (χ3n) is 1.20. The van der Waals surface area contributed by atoms with Crippen molar-refractivity contribution in [3.63, 3.8) is 0 Å². The van der Waals surface area contributed by atoms with E-state index in [-0.39, 0.29) is 0 Å². The third-order valence-corrected chi connectivity index (χ3v) is 1.20. The van der Waals surface area contributed by atoms with E-state index in [9.17, 15) is 9.59 Å². The molecule has 1 unspecified atom stereocenters. The summed E-state index contributed by atoms with van der Waals surface area (Å²) >= 11 is 0. The monoisotopic (exact) mass is 174 g/mol. The molecule has 5 nitrogen and oxygen atoms in total. The van der Waals surface area contributed by atoms with Crippen molar-refractivity contribution in [1.29, 1.82) is 0 Å². The Bertz CT molecular complexity index is 170. The smallest absolute Gasteiger partial charge is 0.407 e. The van der Waals surface area contributed by atoms with Gasteiger partial charge in [0, 0.05) is 0 Å². The van der Waals surface area contributed by atoms with Crippen LogP contribution < -0.4 is 11.1 Å². The predicted octanol–water partition coefficient (Wildman–Crippen LogP) is -0.00360. The summed E-state index contributed by atoms with van der Waals surface area (Å²) in [5.74, 6) is -0.580. The average molecular weight is 174 g/mol. The first-order valence-corrected chi connectivity index (χ1v) is 3.80. The molecule has 0 aromatic heterocycles. The molecule has 0 aromatic carbocycles. The second-order valence-electron chi connectivity index (χ2n) is 2.40. The van der Waals surface area contributed by atoms with Crippen molar-refractivity contribution < 1.29 is 14.3 Å². The Kier molecular flexibility index (Phi) is 4.83. The summed E-state index contributed by atoms with van der Waals surface area (Å²) in [6.45, 7) is 3.72. The SMILES string of the molecule is CCCOC(=O)NC(C)C(N)=O. The molecular formula is C7H14N2O3. The summed E-state index contributed by atoms with van der Waals surface area (Å²) in [5, 5.41) is 2.28. The Hall–Kier alpha value is -1.26. The number of nitrogens with two attached hydrogens (primary N) is 1. The quantitative estimate of drug-likeness (QED) is 0.629. The Balaban J connectivity index is 3.61. The van der Waals surface area contributed by atoms with E-state index in [0.29, 0.717) is 6.61 Å². The molecule has 0 spiro atoms. The van der Waals surface area contributed by atoms with Gasteiger partial charge in [-0.05, 0) is 13.3 Å². The molecule has 3 N–H and O–H groups in total. The van der Waals surface area contributed by atoms with E-state index in [0.717, 1.165) is 6.42 Å². The highest BCUT2D eigenvalue weighted by Gasteiger charge is 2.11. The number of amides is 2. The molecule has 0 aliphatic rings. The minimum Gasteiger partial charge on any atom is -0.450 e. The van der Waals surface area contributed by atoms with Crippen LogP contribution >= 0.6 is 0 Å². The number of ether oxygens (including phenoxy) is 1. The maximum absolute atomic E-state index is 10.8. The van der Waals surface area contributed by atoms with E-state index >= 15 is 0 Å². The Morgan fingerprint density at radius 3 is 2.58 bits per heavy atom. The van der Waals surface area contributed by atoms with Gasteiger partial charge in [0.2, 0.25) is 5.91 Å². The van der Waals surface area contributed by atoms with Gasteiger partial charge >= 0.3 is 6.09 Å². The molecule has 0 aliphatic carbocycles. The number of nitrogens with one attached hydrogen (secondary N) is 1. The molecule has 0 fully saturated rings. The normalized spacial score (nSPS) is 11.8. The molecule has 2 amide bonds. The summed E-state index contributed by atoms with van der Waals surface area (Å²) in [6, 6.07) is -0.686. The lowest BCUT2D eigenvalue weighted by atomic mass is 10.3. The van der Waals surface area contributed by atoms with Crippen LogP contribution in [0.15, 0.2) is 0 Å².